The van der Waals surface area contributed by atoms with E-state index >= 15 is 0 Å². The maximum absolute atomic E-state index is 11.5. The highest BCUT2D eigenvalue weighted by Gasteiger charge is 2.24. The van der Waals surface area contributed by atoms with Crippen molar-refractivity contribution in [2.24, 2.45) is 5.92 Å². The van der Waals surface area contributed by atoms with Crippen LogP contribution >= 0.6 is 0 Å². The fourth-order valence-electron chi connectivity index (χ4n) is 1.79. The summed E-state index contributed by atoms with van der Waals surface area (Å²) in [5, 5.41) is 2.76. The Labute approximate surface area is 101 Å². The molecule has 0 spiro atoms. The second-order valence-electron chi connectivity index (χ2n) is 4.66. The molecule has 0 fully saturated rings. The van der Waals surface area contributed by atoms with Crippen molar-refractivity contribution in [3.8, 4) is 0 Å². The lowest BCUT2D eigenvalue weighted by atomic mass is 10.1. The van der Waals surface area contributed by atoms with Gasteiger partial charge in [-0.25, -0.2) is 8.42 Å². The van der Waals surface area contributed by atoms with E-state index in [0.717, 1.165) is 11.1 Å². The number of hydrogen-bond donors (Lipinski definition) is 1. The number of rotatable bonds is 2. The summed E-state index contributed by atoms with van der Waals surface area (Å²) in [6.45, 7) is 3.63. The van der Waals surface area contributed by atoms with Gasteiger partial charge in [0.1, 0.15) is 0 Å². The lowest BCUT2D eigenvalue weighted by Gasteiger charge is -2.08. The van der Waals surface area contributed by atoms with Crippen molar-refractivity contribution in [2.75, 3.05) is 5.32 Å². The first-order valence-electron chi connectivity index (χ1n) is 5.50. The normalized spacial score (nSPS) is 16.9. The molecule has 1 aliphatic rings. The number of anilines is 1. The molecule has 2 rings (SSSR count). The van der Waals surface area contributed by atoms with Crippen molar-refractivity contribution >= 4 is 21.4 Å². The van der Waals surface area contributed by atoms with E-state index in [1.807, 2.05) is 13.8 Å². The minimum atomic E-state index is -2.98. The van der Waals surface area contributed by atoms with E-state index in [2.05, 4.69) is 5.32 Å². The standard InChI is InChI=1S/C12H15NO3S/c1-8(2)12(14)13-11-4-3-9-6-17(15,16)7-10(9)5-11/h3-5,8H,6-7H2,1-2H3,(H,13,14). The molecule has 1 N–H and O–H groups in total. The molecule has 5 heteroatoms. The SMILES string of the molecule is CC(C)C(=O)Nc1ccc2c(c1)CS(=O)(=O)C2. The molecule has 0 saturated carbocycles. The second kappa shape index (κ2) is 4.14. The maximum atomic E-state index is 11.5. The van der Waals surface area contributed by atoms with Gasteiger partial charge in [0.05, 0.1) is 11.5 Å². The van der Waals surface area contributed by atoms with Crippen LogP contribution in [0.25, 0.3) is 0 Å². The maximum Gasteiger partial charge on any atom is 0.226 e. The van der Waals surface area contributed by atoms with Crippen molar-refractivity contribution in [3.63, 3.8) is 0 Å². The second-order valence-corrected chi connectivity index (χ2v) is 6.72. The Morgan fingerprint density at radius 2 is 1.88 bits per heavy atom. The highest BCUT2D eigenvalue weighted by Crippen LogP contribution is 2.27. The van der Waals surface area contributed by atoms with E-state index in [0.29, 0.717) is 5.69 Å². The van der Waals surface area contributed by atoms with Gasteiger partial charge < -0.3 is 5.32 Å². The van der Waals surface area contributed by atoms with Crippen LogP contribution < -0.4 is 5.32 Å². The summed E-state index contributed by atoms with van der Waals surface area (Å²) in [5.41, 5.74) is 2.30. The van der Waals surface area contributed by atoms with Crippen molar-refractivity contribution < 1.29 is 13.2 Å². The lowest BCUT2D eigenvalue weighted by Crippen LogP contribution is -2.17. The molecule has 0 radical (unpaired) electrons. The minimum absolute atomic E-state index is 0.0641. The summed E-state index contributed by atoms with van der Waals surface area (Å²) in [6.07, 6.45) is 0. The van der Waals surface area contributed by atoms with Crippen molar-refractivity contribution in [1.29, 1.82) is 0 Å². The number of benzene rings is 1. The first-order valence-corrected chi connectivity index (χ1v) is 7.32. The largest absolute Gasteiger partial charge is 0.326 e. The van der Waals surface area contributed by atoms with Crippen LogP contribution in [0, 0.1) is 5.92 Å². The van der Waals surface area contributed by atoms with Gasteiger partial charge >= 0.3 is 0 Å². The average molecular weight is 253 g/mol. The van der Waals surface area contributed by atoms with E-state index in [-0.39, 0.29) is 23.3 Å². The van der Waals surface area contributed by atoms with Gasteiger partial charge in [-0.2, -0.15) is 0 Å². The van der Waals surface area contributed by atoms with Crippen molar-refractivity contribution in [1.82, 2.24) is 0 Å². The summed E-state index contributed by atoms with van der Waals surface area (Å²) >= 11 is 0. The Morgan fingerprint density at radius 3 is 2.53 bits per heavy atom. The first-order chi connectivity index (χ1) is 7.87. The Kier molecular flexibility index (Phi) is 2.95. The minimum Gasteiger partial charge on any atom is -0.326 e. The van der Waals surface area contributed by atoms with Crippen molar-refractivity contribution in [2.45, 2.75) is 25.4 Å². The molecule has 17 heavy (non-hydrogen) atoms. The fourth-order valence-corrected chi connectivity index (χ4v) is 3.39. The summed E-state index contributed by atoms with van der Waals surface area (Å²) in [4.78, 5) is 11.5. The predicted molar refractivity (Wildman–Crippen MR) is 66.2 cm³/mol. The monoisotopic (exact) mass is 253 g/mol. The number of hydrogen-bond acceptors (Lipinski definition) is 3. The number of fused-ring (bicyclic) bond motifs is 1. The van der Waals surface area contributed by atoms with Gasteiger partial charge in [0.15, 0.2) is 9.84 Å². The molecule has 4 nitrogen and oxygen atoms in total. The molecule has 0 aliphatic carbocycles. The highest BCUT2D eigenvalue weighted by atomic mass is 32.2. The molecule has 1 aromatic carbocycles. The molecule has 1 heterocycles. The quantitative estimate of drug-likeness (QED) is 0.872. The average Bonchev–Trinajstić information content (AvgIpc) is 2.50. The van der Waals surface area contributed by atoms with E-state index < -0.39 is 9.84 Å². The summed E-state index contributed by atoms with van der Waals surface area (Å²) in [6, 6.07) is 5.27. The number of sulfone groups is 1. The zero-order valence-electron chi connectivity index (χ0n) is 9.86. The third-order valence-corrected chi connectivity index (χ3v) is 4.25. The molecule has 0 saturated heterocycles. The van der Waals surface area contributed by atoms with Crippen LogP contribution in [0.1, 0.15) is 25.0 Å². The number of carbonyl (C=O) groups is 1. The number of nitrogens with one attached hydrogen (secondary N) is 1. The van der Waals surface area contributed by atoms with Gasteiger partial charge in [-0.1, -0.05) is 19.9 Å². The molecule has 1 aromatic rings. The van der Waals surface area contributed by atoms with Crippen LogP contribution in [0.5, 0.6) is 0 Å². The molecule has 0 atom stereocenters. The molecule has 1 amide bonds. The van der Waals surface area contributed by atoms with E-state index in [1.165, 1.54) is 0 Å². The molecule has 1 aliphatic heterocycles. The van der Waals surface area contributed by atoms with Crippen LogP contribution in [0.15, 0.2) is 18.2 Å². The van der Waals surface area contributed by atoms with Crippen molar-refractivity contribution in [3.05, 3.63) is 29.3 Å². The topological polar surface area (TPSA) is 63.2 Å². The third-order valence-electron chi connectivity index (χ3n) is 2.75. The Morgan fingerprint density at radius 1 is 1.24 bits per heavy atom. The van der Waals surface area contributed by atoms with E-state index in [9.17, 15) is 13.2 Å². The van der Waals surface area contributed by atoms with Crippen LogP contribution in [0.4, 0.5) is 5.69 Å². The third kappa shape index (κ3) is 2.66. The van der Waals surface area contributed by atoms with Gasteiger partial charge in [-0.3, -0.25) is 4.79 Å². The van der Waals surface area contributed by atoms with Crippen LogP contribution in [-0.4, -0.2) is 14.3 Å². The molecule has 0 bridgehead atoms. The molecule has 0 aromatic heterocycles. The summed E-state index contributed by atoms with van der Waals surface area (Å²) in [7, 11) is -2.98. The van der Waals surface area contributed by atoms with Crippen LogP contribution in [-0.2, 0) is 26.1 Å². The molecule has 0 unspecified atom stereocenters. The van der Waals surface area contributed by atoms with Crippen LogP contribution in [0.3, 0.4) is 0 Å². The predicted octanol–water partition coefficient (Wildman–Crippen LogP) is 1.71. The lowest BCUT2D eigenvalue weighted by molar-refractivity contribution is -0.118. The van der Waals surface area contributed by atoms with Gasteiger partial charge in [0, 0.05) is 11.6 Å². The van der Waals surface area contributed by atoms with E-state index in [1.54, 1.807) is 18.2 Å². The van der Waals surface area contributed by atoms with E-state index in [4.69, 9.17) is 0 Å². The first kappa shape index (κ1) is 12.1. The van der Waals surface area contributed by atoms with Gasteiger partial charge in [-0.05, 0) is 23.3 Å². The number of carbonyl (C=O) groups excluding carboxylic acids is 1. The zero-order chi connectivity index (χ0) is 12.6. The summed E-state index contributed by atoms with van der Waals surface area (Å²) in [5.74, 6) is 0.0341. The molecule has 92 valence electrons. The fraction of sp³-hybridized carbons (Fsp3) is 0.417. The Hall–Kier alpha value is -1.36. The van der Waals surface area contributed by atoms with Gasteiger partial charge in [0.2, 0.25) is 5.91 Å². The smallest absolute Gasteiger partial charge is 0.226 e. The van der Waals surface area contributed by atoms with Gasteiger partial charge in [0.25, 0.3) is 0 Å². The number of amides is 1. The Bertz CT molecular complexity index is 561. The highest BCUT2D eigenvalue weighted by molar-refractivity contribution is 7.90. The Balaban J connectivity index is 2.22. The summed E-state index contributed by atoms with van der Waals surface area (Å²) < 4.78 is 22.9. The molecular formula is C12H15NO3S. The van der Waals surface area contributed by atoms with Gasteiger partial charge in [-0.15, -0.1) is 0 Å². The zero-order valence-corrected chi connectivity index (χ0v) is 10.7. The molecular weight excluding hydrogens is 238 g/mol. The van der Waals surface area contributed by atoms with Crippen LogP contribution in [0.2, 0.25) is 0 Å².